The van der Waals surface area contributed by atoms with E-state index in [-0.39, 0.29) is 0 Å². The third-order valence-electron chi connectivity index (χ3n) is 5.90. The maximum Gasteiger partial charge on any atom is 0.142 e. The van der Waals surface area contributed by atoms with Crippen LogP contribution in [0.25, 0.3) is 0 Å². The lowest BCUT2D eigenvalue weighted by atomic mass is 9.95. The smallest absolute Gasteiger partial charge is 0.142 e. The van der Waals surface area contributed by atoms with Gasteiger partial charge < -0.3 is 14.2 Å². The Morgan fingerprint density at radius 3 is 2.58 bits per heavy atom. The van der Waals surface area contributed by atoms with Gasteiger partial charge in [0.25, 0.3) is 0 Å². The number of ether oxygens (including phenoxy) is 1. The summed E-state index contributed by atoms with van der Waals surface area (Å²) in [4.78, 5) is 9.45. The van der Waals surface area contributed by atoms with Crippen LogP contribution in [0.4, 0.5) is 5.69 Å². The van der Waals surface area contributed by atoms with Crippen molar-refractivity contribution in [2.24, 2.45) is 0 Å². The number of piperazine rings is 1. The topological polar surface area (TPSA) is 33.5 Å². The second-order valence-electron chi connectivity index (χ2n) is 7.52. The lowest BCUT2D eigenvalue weighted by Crippen LogP contribution is -2.46. The van der Waals surface area contributed by atoms with Gasteiger partial charge in [0.2, 0.25) is 0 Å². The van der Waals surface area contributed by atoms with E-state index in [2.05, 4.69) is 44.0 Å². The third-order valence-corrected chi connectivity index (χ3v) is 5.90. The number of hydrogen-bond acceptors (Lipinski definition) is 4. The highest BCUT2D eigenvalue weighted by Gasteiger charge is 2.22. The molecule has 2 heterocycles. The molecule has 1 saturated heterocycles. The summed E-state index contributed by atoms with van der Waals surface area (Å²) in [6.07, 6.45) is 10.9. The van der Waals surface area contributed by atoms with Crippen molar-refractivity contribution in [1.82, 2.24) is 14.5 Å². The quantitative estimate of drug-likeness (QED) is 0.819. The molecule has 1 aliphatic heterocycles. The summed E-state index contributed by atoms with van der Waals surface area (Å²) < 4.78 is 7.98. The summed E-state index contributed by atoms with van der Waals surface area (Å²) in [5.41, 5.74) is 2.59. The largest absolute Gasteiger partial charge is 0.495 e. The van der Waals surface area contributed by atoms with Crippen LogP contribution in [0.15, 0.2) is 36.8 Å². The van der Waals surface area contributed by atoms with Crippen molar-refractivity contribution in [3.63, 3.8) is 0 Å². The molecule has 140 valence electrons. The van der Waals surface area contributed by atoms with E-state index in [0.29, 0.717) is 6.04 Å². The highest BCUT2D eigenvalue weighted by molar-refractivity contribution is 5.58. The van der Waals surface area contributed by atoms with E-state index in [0.717, 1.165) is 38.5 Å². The summed E-state index contributed by atoms with van der Waals surface area (Å²) in [6.45, 7) is 5.24. The monoisotopic (exact) mass is 354 g/mol. The Hall–Kier alpha value is -2.01. The van der Waals surface area contributed by atoms with Gasteiger partial charge in [-0.05, 0) is 25.0 Å². The van der Waals surface area contributed by atoms with Crippen LogP contribution < -0.4 is 9.64 Å². The molecule has 5 nitrogen and oxygen atoms in total. The van der Waals surface area contributed by atoms with Crippen LogP contribution in [-0.4, -0.2) is 47.7 Å². The molecule has 1 saturated carbocycles. The predicted octanol–water partition coefficient (Wildman–Crippen LogP) is 3.72. The number of anilines is 1. The van der Waals surface area contributed by atoms with Crippen LogP contribution >= 0.6 is 0 Å². The zero-order valence-electron chi connectivity index (χ0n) is 15.8. The summed E-state index contributed by atoms with van der Waals surface area (Å²) in [5.74, 6) is 0.969. The Kier molecular flexibility index (Phi) is 5.44. The van der Waals surface area contributed by atoms with E-state index in [9.17, 15) is 0 Å². The van der Waals surface area contributed by atoms with E-state index in [1.54, 1.807) is 7.11 Å². The van der Waals surface area contributed by atoms with Crippen LogP contribution in [0, 0.1) is 0 Å². The van der Waals surface area contributed by atoms with E-state index in [1.165, 1.54) is 43.5 Å². The third kappa shape index (κ3) is 3.73. The molecular formula is C21H30N4O. The predicted molar refractivity (Wildman–Crippen MR) is 105 cm³/mol. The molecule has 0 spiro atoms. The molecule has 2 aliphatic rings. The van der Waals surface area contributed by atoms with Crippen molar-refractivity contribution in [2.45, 2.75) is 44.7 Å². The van der Waals surface area contributed by atoms with Gasteiger partial charge in [0.1, 0.15) is 5.75 Å². The average molecular weight is 354 g/mol. The minimum atomic E-state index is 0.663. The first kappa shape index (κ1) is 17.4. The van der Waals surface area contributed by atoms with Gasteiger partial charge in [-0.25, -0.2) is 4.98 Å². The van der Waals surface area contributed by atoms with Gasteiger partial charge in [0.05, 0.1) is 24.8 Å². The minimum absolute atomic E-state index is 0.663. The number of aromatic nitrogens is 2. The molecule has 0 unspecified atom stereocenters. The molecule has 4 rings (SSSR count). The van der Waals surface area contributed by atoms with Crippen LogP contribution in [0.3, 0.4) is 0 Å². The number of rotatable bonds is 5. The first-order valence-corrected chi connectivity index (χ1v) is 9.96. The fourth-order valence-electron chi connectivity index (χ4n) is 4.41. The standard InChI is InChI=1S/C21H30N4O/c1-26-21-10-6-5-9-20(21)24-13-11-23(12-14-24)16-19-15-22-17-25(19)18-7-3-2-4-8-18/h5-6,9-10,15,17-18H,2-4,7-8,11-14,16H2,1H3. The molecule has 0 atom stereocenters. The molecule has 0 bridgehead atoms. The maximum absolute atomic E-state index is 5.53. The van der Waals surface area contributed by atoms with E-state index >= 15 is 0 Å². The SMILES string of the molecule is COc1ccccc1N1CCN(Cc2cncn2C2CCCCC2)CC1. The molecule has 5 heteroatoms. The normalized spacial score (nSPS) is 19.7. The fourth-order valence-corrected chi connectivity index (χ4v) is 4.41. The Morgan fingerprint density at radius 1 is 1.04 bits per heavy atom. The zero-order chi connectivity index (χ0) is 17.8. The Labute approximate surface area is 156 Å². The fraction of sp³-hybridized carbons (Fsp3) is 0.571. The zero-order valence-corrected chi connectivity index (χ0v) is 15.8. The van der Waals surface area contributed by atoms with Crippen LogP contribution in [-0.2, 0) is 6.54 Å². The number of nitrogens with zero attached hydrogens (tertiary/aromatic N) is 4. The second-order valence-corrected chi connectivity index (χ2v) is 7.52. The lowest BCUT2D eigenvalue weighted by Gasteiger charge is -2.37. The van der Waals surface area contributed by atoms with E-state index < -0.39 is 0 Å². The van der Waals surface area contributed by atoms with Gasteiger partial charge in [-0.15, -0.1) is 0 Å². The Bertz CT molecular complexity index is 700. The van der Waals surface area contributed by atoms with Gasteiger partial charge in [-0.2, -0.15) is 0 Å². The first-order chi connectivity index (χ1) is 12.8. The molecule has 1 aromatic heterocycles. The van der Waals surface area contributed by atoms with Gasteiger partial charge >= 0.3 is 0 Å². The summed E-state index contributed by atoms with van der Waals surface area (Å²) in [6, 6.07) is 8.99. The maximum atomic E-state index is 5.53. The Balaban J connectivity index is 1.37. The minimum Gasteiger partial charge on any atom is -0.495 e. The molecule has 1 aromatic carbocycles. The number of methoxy groups -OCH3 is 1. The van der Waals surface area contributed by atoms with E-state index in [1.807, 2.05) is 12.1 Å². The molecule has 0 amide bonds. The molecule has 2 aromatic rings. The number of benzene rings is 1. The van der Waals surface area contributed by atoms with Crippen molar-refractivity contribution in [3.8, 4) is 5.75 Å². The van der Waals surface area contributed by atoms with Gasteiger partial charge in [0.15, 0.2) is 0 Å². The van der Waals surface area contributed by atoms with Crippen LogP contribution in [0.2, 0.25) is 0 Å². The highest BCUT2D eigenvalue weighted by atomic mass is 16.5. The molecule has 26 heavy (non-hydrogen) atoms. The second kappa shape index (κ2) is 8.12. The molecule has 0 N–H and O–H groups in total. The number of imidazole rings is 1. The van der Waals surface area contributed by atoms with E-state index in [4.69, 9.17) is 4.74 Å². The number of para-hydroxylation sites is 2. The van der Waals surface area contributed by atoms with Gasteiger partial charge in [-0.1, -0.05) is 31.4 Å². The van der Waals surface area contributed by atoms with Crippen molar-refractivity contribution in [3.05, 3.63) is 42.5 Å². The molecule has 0 radical (unpaired) electrons. The van der Waals surface area contributed by atoms with Crippen molar-refractivity contribution in [1.29, 1.82) is 0 Å². The van der Waals surface area contributed by atoms with Crippen LogP contribution in [0.5, 0.6) is 5.75 Å². The first-order valence-electron chi connectivity index (χ1n) is 9.96. The summed E-state index contributed by atoms with van der Waals surface area (Å²) in [7, 11) is 1.75. The number of hydrogen-bond donors (Lipinski definition) is 0. The highest BCUT2D eigenvalue weighted by Crippen LogP contribution is 2.30. The van der Waals surface area contributed by atoms with Crippen molar-refractivity contribution in [2.75, 3.05) is 38.2 Å². The van der Waals surface area contributed by atoms with Gasteiger partial charge in [-0.3, -0.25) is 4.90 Å². The average Bonchev–Trinajstić information content (AvgIpc) is 3.17. The van der Waals surface area contributed by atoms with Crippen LogP contribution in [0.1, 0.15) is 43.8 Å². The van der Waals surface area contributed by atoms with Crippen molar-refractivity contribution >= 4 is 5.69 Å². The lowest BCUT2D eigenvalue weighted by molar-refractivity contribution is 0.237. The summed E-state index contributed by atoms with van der Waals surface area (Å²) >= 11 is 0. The molecule has 1 aliphatic carbocycles. The molecule has 2 fully saturated rings. The molecular weight excluding hydrogens is 324 g/mol. The summed E-state index contributed by atoms with van der Waals surface area (Å²) in [5, 5.41) is 0. The van der Waals surface area contributed by atoms with Gasteiger partial charge in [0, 0.05) is 45.0 Å². The Morgan fingerprint density at radius 2 is 1.81 bits per heavy atom. The van der Waals surface area contributed by atoms with Crippen molar-refractivity contribution < 1.29 is 4.74 Å².